The Labute approximate surface area is 167 Å². The minimum absolute atomic E-state index is 0.0503. The van der Waals surface area contributed by atoms with Crippen LogP contribution in [0.4, 0.5) is 5.69 Å². The molecule has 0 aliphatic heterocycles. The fourth-order valence-corrected chi connectivity index (χ4v) is 3.57. The summed E-state index contributed by atoms with van der Waals surface area (Å²) in [5, 5.41) is 0. The van der Waals surface area contributed by atoms with Crippen LogP contribution >= 0.6 is 0 Å². The predicted molar refractivity (Wildman–Crippen MR) is 111 cm³/mol. The Bertz CT molecular complexity index is 799. The maximum atomic E-state index is 12.7. The van der Waals surface area contributed by atoms with Gasteiger partial charge in [0.1, 0.15) is 5.75 Å². The minimum Gasteiger partial charge on any atom is -0.493 e. The standard InChI is InChI=1S/C23H29NO4/c1-24(18-12-13-21(26-2)22(16-18)27-3)23(25)14-11-17-7-6-10-20(15-17)28-19-8-4-5-9-19/h6-7,10,12-13,15-16,19H,4-5,8-9,11,14H2,1-3H3. The van der Waals surface area contributed by atoms with Gasteiger partial charge in [0.05, 0.1) is 20.3 Å². The van der Waals surface area contributed by atoms with Crippen molar-refractivity contribution in [3.05, 3.63) is 48.0 Å². The lowest BCUT2D eigenvalue weighted by Crippen LogP contribution is -2.26. The molecule has 0 radical (unpaired) electrons. The molecule has 2 aromatic rings. The highest BCUT2D eigenvalue weighted by Gasteiger charge is 2.17. The van der Waals surface area contributed by atoms with Gasteiger partial charge in [0.2, 0.25) is 5.91 Å². The highest BCUT2D eigenvalue weighted by molar-refractivity contribution is 5.93. The van der Waals surface area contributed by atoms with Crippen molar-refractivity contribution in [2.45, 2.75) is 44.6 Å². The molecule has 150 valence electrons. The van der Waals surface area contributed by atoms with Gasteiger partial charge >= 0.3 is 0 Å². The molecule has 28 heavy (non-hydrogen) atoms. The fourth-order valence-electron chi connectivity index (χ4n) is 3.57. The third-order valence-corrected chi connectivity index (χ3v) is 5.26. The molecule has 1 aliphatic carbocycles. The van der Waals surface area contributed by atoms with Gasteiger partial charge in [-0.3, -0.25) is 4.79 Å². The lowest BCUT2D eigenvalue weighted by atomic mass is 10.1. The maximum absolute atomic E-state index is 12.7. The number of carbonyl (C=O) groups excluding carboxylic acids is 1. The van der Waals surface area contributed by atoms with Crippen LogP contribution in [-0.2, 0) is 11.2 Å². The monoisotopic (exact) mass is 383 g/mol. The Kier molecular flexibility index (Phi) is 6.80. The Morgan fingerprint density at radius 3 is 2.50 bits per heavy atom. The Morgan fingerprint density at radius 1 is 1.04 bits per heavy atom. The van der Waals surface area contributed by atoms with E-state index in [1.165, 1.54) is 12.8 Å². The Balaban J connectivity index is 1.59. The molecule has 0 spiro atoms. The zero-order valence-corrected chi connectivity index (χ0v) is 16.9. The van der Waals surface area contributed by atoms with Gasteiger partial charge in [0, 0.05) is 25.2 Å². The van der Waals surface area contributed by atoms with Gasteiger partial charge in [-0.25, -0.2) is 0 Å². The summed E-state index contributed by atoms with van der Waals surface area (Å²) in [7, 11) is 4.96. The fraction of sp³-hybridized carbons (Fsp3) is 0.435. The second kappa shape index (κ2) is 9.49. The van der Waals surface area contributed by atoms with Crippen molar-refractivity contribution in [3.63, 3.8) is 0 Å². The first-order valence-electron chi connectivity index (χ1n) is 9.85. The van der Waals surface area contributed by atoms with Gasteiger partial charge in [-0.05, 0) is 61.9 Å². The van der Waals surface area contributed by atoms with Gasteiger partial charge in [-0.1, -0.05) is 12.1 Å². The van der Waals surface area contributed by atoms with E-state index in [2.05, 4.69) is 6.07 Å². The van der Waals surface area contributed by atoms with Crippen molar-refractivity contribution in [2.75, 3.05) is 26.2 Å². The molecule has 1 fully saturated rings. The van der Waals surface area contributed by atoms with Gasteiger partial charge in [0.15, 0.2) is 11.5 Å². The van der Waals surface area contributed by atoms with Crippen LogP contribution in [0.15, 0.2) is 42.5 Å². The molecule has 3 rings (SSSR count). The third-order valence-electron chi connectivity index (χ3n) is 5.26. The first kappa shape index (κ1) is 20.1. The van der Waals surface area contributed by atoms with Crippen molar-refractivity contribution in [1.29, 1.82) is 0 Å². The smallest absolute Gasteiger partial charge is 0.227 e. The predicted octanol–water partition coefficient (Wildman–Crippen LogP) is 4.62. The summed E-state index contributed by atoms with van der Waals surface area (Å²) in [5.74, 6) is 2.21. The van der Waals surface area contributed by atoms with Crippen LogP contribution in [0.25, 0.3) is 0 Å². The lowest BCUT2D eigenvalue weighted by Gasteiger charge is -2.19. The number of ether oxygens (including phenoxy) is 3. The zero-order chi connectivity index (χ0) is 19.9. The van der Waals surface area contributed by atoms with Crippen molar-refractivity contribution in [3.8, 4) is 17.2 Å². The van der Waals surface area contributed by atoms with Gasteiger partial charge in [0.25, 0.3) is 0 Å². The summed E-state index contributed by atoms with van der Waals surface area (Å²) >= 11 is 0. The average Bonchev–Trinajstić information content (AvgIpc) is 3.24. The minimum atomic E-state index is 0.0503. The molecule has 0 unspecified atom stereocenters. The molecule has 5 nitrogen and oxygen atoms in total. The van der Waals surface area contributed by atoms with E-state index in [4.69, 9.17) is 14.2 Å². The number of benzene rings is 2. The lowest BCUT2D eigenvalue weighted by molar-refractivity contribution is -0.118. The average molecular weight is 383 g/mol. The molecule has 0 N–H and O–H groups in total. The summed E-state index contributed by atoms with van der Waals surface area (Å²) in [4.78, 5) is 14.3. The van der Waals surface area contributed by atoms with E-state index in [0.29, 0.717) is 30.4 Å². The molecule has 0 heterocycles. The summed E-state index contributed by atoms with van der Waals surface area (Å²) in [6.07, 6.45) is 6.23. The number of hydrogen-bond donors (Lipinski definition) is 0. The topological polar surface area (TPSA) is 48.0 Å². The number of rotatable bonds is 8. The highest BCUT2D eigenvalue weighted by Crippen LogP contribution is 2.31. The number of methoxy groups -OCH3 is 2. The number of aryl methyl sites for hydroxylation is 1. The molecule has 0 aromatic heterocycles. The number of carbonyl (C=O) groups is 1. The zero-order valence-electron chi connectivity index (χ0n) is 16.9. The van der Waals surface area contributed by atoms with E-state index in [-0.39, 0.29) is 5.91 Å². The number of anilines is 1. The van der Waals surface area contributed by atoms with Crippen molar-refractivity contribution in [2.24, 2.45) is 0 Å². The van der Waals surface area contributed by atoms with E-state index >= 15 is 0 Å². The van der Waals surface area contributed by atoms with Crippen LogP contribution in [0.3, 0.4) is 0 Å². The Hall–Kier alpha value is -2.69. The van der Waals surface area contributed by atoms with E-state index in [0.717, 1.165) is 29.8 Å². The van der Waals surface area contributed by atoms with Crippen LogP contribution in [0.5, 0.6) is 17.2 Å². The molecule has 0 atom stereocenters. The Morgan fingerprint density at radius 2 is 1.79 bits per heavy atom. The largest absolute Gasteiger partial charge is 0.493 e. The quantitative estimate of drug-likeness (QED) is 0.667. The van der Waals surface area contributed by atoms with E-state index in [9.17, 15) is 4.79 Å². The molecule has 2 aromatic carbocycles. The molecule has 0 bridgehead atoms. The molecular weight excluding hydrogens is 354 g/mol. The molecule has 0 saturated heterocycles. The van der Waals surface area contributed by atoms with E-state index < -0.39 is 0 Å². The van der Waals surface area contributed by atoms with Gasteiger partial charge in [-0.2, -0.15) is 0 Å². The summed E-state index contributed by atoms with van der Waals surface area (Å²) in [6, 6.07) is 13.6. The SMILES string of the molecule is COc1ccc(N(C)C(=O)CCc2cccc(OC3CCCC3)c2)cc1OC. The third kappa shape index (κ3) is 4.97. The molecule has 1 saturated carbocycles. The van der Waals surface area contributed by atoms with Crippen molar-refractivity contribution >= 4 is 11.6 Å². The van der Waals surface area contributed by atoms with Gasteiger partial charge < -0.3 is 19.1 Å². The molecular formula is C23H29NO4. The van der Waals surface area contributed by atoms with Crippen molar-refractivity contribution in [1.82, 2.24) is 0 Å². The van der Waals surface area contributed by atoms with Crippen LogP contribution in [0.1, 0.15) is 37.7 Å². The molecule has 1 amide bonds. The first-order chi connectivity index (χ1) is 13.6. The van der Waals surface area contributed by atoms with Crippen LogP contribution in [0, 0.1) is 0 Å². The van der Waals surface area contributed by atoms with E-state index in [1.807, 2.05) is 36.4 Å². The number of nitrogens with zero attached hydrogens (tertiary/aromatic N) is 1. The highest BCUT2D eigenvalue weighted by atomic mass is 16.5. The van der Waals surface area contributed by atoms with Crippen molar-refractivity contribution < 1.29 is 19.0 Å². The van der Waals surface area contributed by atoms with Gasteiger partial charge in [-0.15, -0.1) is 0 Å². The summed E-state index contributed by atoms with van der Waals surface area (Å²) in [6.45, 7) is 0. The summed E-state index contributed by atoms with van der Waals surface area (Å²) in [5.41, 5.74) is 1.89. The van der Waals surface area contributed by atoms with E-state index in [1.54, 1.807) is 26.2 Å². The first-order valence-corrected chi connectivity index (χ1v) is 9.85. The number of amides is 1. The normalized spacial score (nSPS) is 14.0. The van der Waals surface area contributed by atoms with Crippen LogP contribution < -0.4 is 19.1 Å². The maximum Gasteiger partial charge on any atom is 0.227 e. The number of hydrogen-bond acceptors (Lipinski definition) is 4. The van der Waals surface area contributed by atoms with Crippen LogP contribution in [0.2, 0.25) is 0 Å². The second-order valence-electron chi connectivity index (χ2n) is 7.16. The second-order valence-corrected chi connectivity index (χ2v) is 7.16. The van der Waals surface area contributed by atoms with Crippen LogP contribution in [-0.4, -0.2) is 33.3 Å². The molecule has 1 aliphatic rings. The molecule has 5 heteroatoms. The summed E-state index contributed by atoms with van der Waals surface area (Å²) < 4.78 is 16.6.